The van der Waals surface area contributed by atoms with Gasteiger partial charge in [0.1, 0.15) is 0 Å². The average molecular weight is 275 g/mol. The molecule has 0 heterocycles. The summed E-state index contributed by atoms with van der Waals surface area (Å²) in [6, 6.07) is 9.26. The first kappa shape index (κ1) is 14.6. The van der Waals surface area contributed by atoms with Crippen molar-refractivity contribution in [3.63, 3.8) is 0 Å². The van der Waals surface area contributed by atoms with Crippen LogP contribution in [0.2, 0.25) is 0 Å². The number of para-hydroxylation sites is 1. The number of carbonyl (C=O) groups is 2. The van der Waals surface area contributed by atoms with Crippen LogP contribution in [-0.2, 0) is 9.59 Å². The monoisotopic (exact) mass is 275 g/mol. The SMILES string of the molecule is CC1(C)[C@@H](C(=O)Nc2ccccc2)CC[C@]1(C)C(=O)O. The van der Waals surface area contributed by atoms with Gasteiger partial charge in [-0.3, -0.25) is 9.59 Å². The molecular weight excluding hydrogens is 254 g/mol. The van der Waals surface area contributed by atoms with Crippen molar-refractivity contribution in [2.45, 2.75) is 33.6 Å². The van der Waals surface area contributed by atoms with Gasteiger partial charge in [-0.15, -0.1) is 0 Å². The summed E-state index contributed by atoms with van der Waals surface area (Å²) in [6.07, 6.45) is 1.14. The minimum atomic E-state index is -0.855. The second-order valence-electron chi connectivity index (χ2n) is 6.31. The molecule has 0 bridgehead atoms. The highest BCUT2D eigenvalue weighted by Gasteiger charge is 2.58. The molecule has 1 aromatic carbocycles. The predicted molar refractivity (Wildman–Crippen MR) is 77.3 cm³/mol. The van der Waals surface area contributed by atoms with Crippen molar-refractivity contribution in [2.75, 3.05) is 5.32 Å². The van der Waals surface area contributed by atoms with Gasteiger partial charge in [-0.05, 0) is 37.3 Å². The summed E-state index contributed by atoms with van der Waals surface area (Å²) in [6.45, 7) is 5.50. The molecule has 1 aromatic rings. The largest absolute Gasteiger partial charge is 0.481 e. The van der Waals surface area contributed by atoms with Crippen LogP contribution in [0.15, 0.2) is 30.3 Å². The van der Waals surface area contributed by atoms with Gasteiger partial charge in [0.25, 0.3) is 0 Å². The first-order valence-corrected chi connectivity index (χ1v) is 6.88. The van der Waals surface area contributed by atoms with Crippen molar-refractivity contribution >= 4 is 17.6 Å². The first-order chi connectivity index (χ1) is 9.29. The fraction of sp³-hybridized carbons (Fsp3) is 0.500. The van der Waals surface area contributed by atoms with Gasteiger partial charge in [0, 0.05) is 11.6 Å². The maximum atomic E-state index is 12.4. The van der Waals surface area contributed by atoms with E-state index in [1.54, 1.807) is 6.92 Å². The molecule has 4 heteroatoms. The van der Waals surface area contributed by atoms with Crippen molar-refractivity contribution in [3.05, 3.63) is 30.3 Å². The van der Waals surface area contributed by atoms with Crippen LogP contribution in [0.4, 0.5) is 5.69 Å². The fourth-order valence-electron chi connectivity index (χ4n) is 3.09. The summed E-state index contributed by atoms with van der Waals surface area (Å²) in [7, 11) is 0. The lowest BCUT2D eigenvalue weighted by Gasteiger charge is -2.37. The van der Waals surface area contributed by atoms with Crippen LogP contribution in [0.5, 0.6) is 0 Å². The number of carboxylic acid groups (broad SMARTS) is 1. The van der Waals surface area contributed by atoms with E-state index in [-0.39, 0.29) is 11.8 Å². The third-order valence-electron chi connectivity index (χ3n) is 5.06. The smallest absolute Gasteiger partial charge is 0.309 e. The Bertz CT molecular complexity index is 524. The molecule has 20 heavy (non-hydrogen) atoms. The van der Waals surface area contributed by atoms with E-state index in [2.05, 4.69) is 5.32 Å². The summed E-state index contributed by atoms with van der Waals surface area (Å²) < 4.78 is 0. The Morgan fingerprint density at radius 3 is 2.30 bits per heavy atom. The zero-order valence-electron chi connectivity index (χ0n) is 12.1. The van der Waals surface area contributed by atoms with E-state index in [1.807, 2.05) is 44.2 Å². The number of hydrogen-bond donors (Lipinski definition) is 2. The number of aliphatic carboxylic acids is 1. The number of anilines is 1. The van der Waals surface area contributed by atoms with Crippen LogP contribution < -0.4 is 5.32 Å². The highest BCUT2D eigenvalue weighted by molar-refractivity contribution is 5.94. The molecule has 0 unspecified atom stereocenters. The second kappa shape index (κ2) is 4.93. The quantitative estimate of drug-likeness (QED) is 0.890. The van der Waals surface area contributed by atoms with E-state index in [1.165, 1.54) is 0 Å². The van der Waals surface area contributed by atoms with Crippen LogP contribution in [0, 0.1) is 16.7 Å². The van der Waals surface area contributed by atoms with Gasteiger partial charge >= 0.3 is 5.97 Å². The predicted octanol–water partition coefficient (Wildman–Crippen LogP) is 3.15. The molecule has 2 N–H and O–H groups in total. The van der Waals surface area contributed by atoms with Gasteiger partial charge in [0.05, 0.1) is 5.41 Å². The highest BCUT2D eigenvalue weighted by atomic mass is 16.4. The number of carbonyl (C=O) groups excluding carboxylic acids is 1. The fourth-order valence-corrected chi connectivity index (χ4v) is 3.09. The number of benzene rings is 1. The molecule has 1 aliphatic carbocycles. The molecule has 0 aromatic heterocycles. The van der Waals surface area contributed by atoms with Gasteiger partial charge < -0.3 is 10.4 Å². The van der Waals surface area contributed by atoms with Crippen LogP contribution in [0.25, 0.3) is 0 Å². The number of nitrogens with one attached hydrogen (secondary N) is 1. The Morgan fingerprint density at radius 1 is 1.20 bits per heavy atom. The summed E-state index contributed by atoms with van der Waals surface area (Å²) in [5, 5.41) is 12.4. The minimum Gasteiger partial charge on any atom is -0.481 e. The lowest BCUT2D eigenvalue weighted by Crippen LogP contribution is -2.43. The molecule has 1 fully saturated rings. The number of carboxylic acids is 1. The molecule has 0 saturated heterocycles. The number of amides is 1. The van der Waals surface area contributed by atoms with Crippen molar-refractivity contribution < 1.29 is 14.7 Å². The molecule has 1 saturated carbocycles. The second-order valence-corrected chi connectivity index (χ2v) is 6.31. The highest BCUT2D eigenvalue weighted by Crippen LogP contribution is 2.56. The van der Waals surface area contributed by atoms with E-state index in [4.69, 9.17) is 0 Å². The number of rotatable bonds is 3. The van der Waals surface area contributed by atoms with E-state index < -0.39 is 16.8 Å². The Balaban J connectivity index is 2.18. The molecule has 0 radical (unpaired) electrons. The summed E-state index contributed by atoms with van der Waals surface area (Å²) in [5.41, 5.74) is -0.680. The minimum absolute atomic E-state index is 0.0915. The molecule has 4 nitrogen and oxygen atoms in total. The molecule has 0 aliphatic heterocycles. The molecule has 2 rings (SSSR count). The maximum absolute atomic E-state index is 12.4. The van der Waals surface area contributed by atoms with E-state index in [0.29, 0.717) is 12.8 Å². The van der Waals surface area contributed by atoms with Gasteiger partial charge in [0.15, 0.2) is 0 Å². The molecule has 108 valence electrons. The molecule has 1 amide bonds. The maximum Gasteiger partial charge on any atom is 0.309 e. The third-order valence-corrected chi connectivity index (χ3v) is 5.06. The van der Waals surface area contributed by atoms with E-state index in [0.717, 1.165) is 5.69 Å². The Kier molecular flexibility index (Phi) is 3.59. The van der Waals surface area contributed by atoms with Crippen molar-refractivity contribution in [1.82, 2.24) is 0 Å². The topological polar surface area (TPSA) is 66.4 Å². The van der Waals surface area contributed by atoms with Gasteiger partial charge in [-0.1, -0.05) is 32.0 Å². The normalized spacial score (nSPS) is 28.1. The standard InChI is InChI=1S/C16H21NO3/c1-15(2)12(9-10-16(15,3)14(19)20)13(18)17-11-7-5-4-6-8-11/h4-8,12H,9-10H2,1-3H3,(H,17,18)(H,19,20)/t12-,16-/m1/s1. The summed E-state index contributed by atoms with van der Waals surface area (Å²) in [5.74, 6) is -1.20. The first-order valence-electron chi connectivity index (χ1n) is 6.88. The van der Waals surface area contributed by atoms with Crippen molar-refractivity contribution in [3.8, 4) is 0 Å². The van der Waals surface area contributed by atoms with E-state index in [9.17, 15) is 14.7 Å². The van der Waals surface area contributed by atoms with Crippen LogP contribution in [0.1, 0.15) is 33.6 Å². The Labute approximate surface area is 119 Å². The van der Waals surface area contributed by atoms with Crippen LogP contribution in [-0.4, -0.2) is 17.0 Å². The van der Waals surface area contributed by atoms with Crippen LogP contribution >= 0.6 is 0 Å². The Hall–Kier alpha value is -1.84. The van der Waals surface area contributed by atoms with Gasteiger partial charge in [0.2, 0.25) is 5.91 Å². The van der Waals surface area contributed by atoms with E-state index >= 15 is 0 Å². The zero-order chi connectivity index (χ0) is 15.0. The van der Waals surface area contributed by atoms with Gasteiger partial charge in [-0.2, -0.15) is 0 Å². The molecule has 2 atom stereocenters. The van der Waals surface area contributed by atoms with Crippen LogP contribution in [0.3, 0.4) is 0 Å². The zero-order valence-corrected chi connectivity index (χ0v) is 12.1. The third kappa shape index (κ3) is 2.19. The summed E-state index contributed by atoms with van der Waals surface area (Å²) in [4.78, 5) is 24.0. The lowest BCUT2D eigenvalue weighted by atomic mass is 9.65. The molecule has 0 spiro atoms. The summed E-state index contributed by atoms with van der Waals surface area (Å²) >= 11 is 0. The van der Waals surface area contributed by atoms with Crippen molar-refractivity contribution in [2.24, 2.45) is 16.7 Å². The average Bonchev–Trinajstić information content (AvgIpc) is 2.63. The lowest BCUT2D eigenvalue weighted by molar-refractivity contribution is -0.154. The Morgan fingerprint density at radius 2 is 1.80 bits per heavy atom. The van der Waals surface area contributed by atoms with Gasteiger partial charge in [-0.25, -0.2) is 0 Å². The number of hydrogen-bond acceptors (Lipinski definition) is 2. The molecular formula is C16H21NO3. The van der Waals surface area contributed by atoms with Crippen molar-refractivity contribution in [1.29, 1.82) is 0 Å². The molecule has 1 aliphatic rings.